The number of nitrogens with zero attached hydrogens (tertiary/aromatic N) is 1. The van der Waals surface area contributed by atoms with E-state index < -0.39 is 11.9 Å². The fourth-order valence-corrected chi connectivity index (χ4v) is 3.26. The highest BCUT2D eigenvalue weighted by Gasteiger charge is 2.32. The molecule has 6 heteroatoms. The number of aliphatic carboxylic acids is 1. The van der Waals surface area contributed by atoms with Crippen molar-refractivity contribution in [2.24, 2.45) is 11.8 Å². The zero-order chi connectivity index (χ0) is 17.0. The van der Waals surface area contributed by atoms with Crippen molar-refractivity contribution in [3.63, 3.8) is 0 Å². The Morgan fingerprint density at radius 1 is 1.39 bits per heavy atom. The Bertz CT molecular complexity index is 590. The predicted octanol–water partition coefficient (Wildman–Crippen LogP) is 2.85. The molecular formula is C17H22ClNO4. The van der Waals surface area contributed by atoms with Gasteiger partial charge in [0.2, 0.25) is 5.91 Å². The van der Waals surface area contributed by atoms with Crippen LogP contribution in [0, 0.1) is 11.8 Å². The van der Waals surface area contributed by atoms with Gasteiger partial charge >= 0.3 is 5.97 Å². The number of rotatable bonds is 5. The molecule has 1 N–H and O–H groups in total. The lowest BCUT2D eigenvalue weighted by Crippen LogP contribution is -2.46. The van der Waals surface area contributed by atoms with Gasteiger partial charge in [-0.1, -0.05) is 30.7 Å². The minimum absolute atomic E-state index is 0.0916. The summed E-state index contributed by atoms with van der Waals surface area (Å²) in [5.41, 5.74) is 0.731. The average Bonchev–Trinajstić information content (AvgIpc) is 2.50. The van der Waals surface area contributed by atoms with E-state index in [2.05, 4.69) is 0 Å². The molecule has 126 valence electrons. The minimum Gasteiger partial charge on any atom is -0.492 e. The Morgan fingerprint density at radius 3 is 2.78 bits per heavy atom. The number of carbonyl (C=O) groups is 2. The van der Waals surface area contributed by atoms with Crippen LogP contribution in [0.1, 0.15) is 25.8 Å². The number of halogens is 1. The van der Waals surface area contributed by atoms with Crippen molar-refractivity contribution >= 4 is 23.5 Å². The molecule has 23 heavy (non-hydrogen) atoms. The third-order valence-corrected chi connectivity index (χ3v) is 4.34. The van der Waals surface area contributed by atoms with E-state index in [1.807, 2.05) is 19.9 Å². The summed E-state index contributed by atoms with van der Waals surface area (Å²) in [4.78, 5) is 25.5. The van der Waals surface area contributed by atoms with Crippen molar-refractivity contribution in [3.05, 3.63) is 28.8 Å². The molecule has 1 aromatic rings. The lowest BCUT2D eigenvalue weighted by molar-refractivity contribution is -0.146. The minimum atomic E-state index is -0.841. The number of hydrogen-bond donors (Lipinski definition) is 1. The molecule has 1 amide bonds. The number of carbonyl (C=O) groups excluding carboxylic acids is 1. The summed E-state index contributed by atoms with van der Waals surface area (Å²) in [5, 5.41) is 9.70. The second-order valence-electron chi connectivity index (χ2n) is 6.01. The van der Waals surface area contributed by atoms with E-state index in [1.54, 1.807) is 17.0 Å². The van der Waals surface area contributed by atoms with E-state index in [9.17, 15) is 14.7 Å². The largest absolute Gasteiger partial charge is 0.492 e. The van der Waals surface area contributed by atoms with Gasteiger partial charge in [0.05, 0.1) is 24.0 Å². The van der Waals surface area contributed by atoms with Crippen LogP contribution in [0.4, 0.5) is 0 Å². The molecule has 1 fully saturated rings. The summed E-state index contributed by atoms with van der Waals surface area (Å²) in [7, 11) is 0. The lowest BCUT2D eigenvalue weighted by atomic mass is 9.90. The van der Waals surface area contributed by atoms with Gasteiger partial charge in [-0.25, -0.2) is 0 Å². The monoisotopic (exact) mass is 339 g/mol. The van der Waals surface area contributed by atoms with Gasteiger partial charge in [-0.15, -0.1) is 0 Å². The van der Waals surface area contributed by atoms with Crippen LogP contribution in [0.15, 0.2) is 18.2 Å². The Kier molecular flexibility index (Phi) is 5.88. The first kappa shape index (κ1) is 17.6. The molecule has 2 rings (SSSR count). The number of para-hydroxylation sites is 1. The summed E-state index contributed by atoms with van der Waals surface area (Å²) in [6, 6.07) is 5.33. The zero-order valence-electron chi connectivity index (χ0n) is 13.4. The first-order chi connectivity index (χ1) is 10.9. The summed E-state index contributed by atoms with van der Waals surface area (Å²) >= 11 is 6.14. The molecule has 5 nitrogen and oxygen atoms in total. The average molecular weight is 340 g/mol. The molecule has 1 saturated heterocycles. The van der Waals surface area contributed by atoms with Gasteiger partial charge in [-0.2, -0.15) is 0 Å². The van der Waals surface area contributed by atoms with Crippen molar-refractivity contribution in [1.29, 1.82) is 0 Å². The summed E-state index contributed by atoms with van der Waals surface area (Å²) in [6.45, 7) is 5.15. The molecule has 0 radical (unpaired) electrons. The highest BCUT2D eigenvalue weighted by molar-refractivity contribution is 6.32. The summed E-state index contributed by atoms with van der Waals surface area (Å²) in [6.07, 6.45) is 0.773. The molecule has 2 atom stereocenters. The van der Waals surface area contributed by atoms with Crippen molar-refractivity contribution in [2.75, 3.05) is 19.7 Å². The second kappa shape index (κ2) is 7.68. The van der Waals surface area contributed by atoms with Crippen LogP contribution in [-0.4, -0.2) is 41.6 Å². The van der Waals surface area contributed by atoms with Crippen LogP contribution >= 0.6 is 11.6 Å². The third-order valence-electron chi connectivity index (χ3n) is 4.04. The number of carboxylic acid groups (broad SMARTS) is 1. The molecule has 1 heterocycles. The van der Waals surface area contributed by atoms with Crippen LogP contribution in [0.3, 0.4) is 0 Å². The van der Waals surface area contributed by atoms with E-state index in [-0.39, 0.29) is 24.8 Å². The first-order valence-corrected chi connectivity index (χ1v) is 8.20. The molecular weight excluding hydrogens is 318 g/mol. The summed E-state index contributed by atoms with van der Waals surface area (Å²) < 4.78 is 5.54. The normalized spacial score (nSPS) is 21.1. The van der Waals surface area contributed by atoms with Crippen LogP contribution in [0.5, 0.6) is 5.75 Å². The Balaban J connectivity index is 2.12. The topological polar surface area (TPSA) is 66.8 Å². The molecule has 0 aliphatic carbocycles. The van der Waals surface area contributed by atoms with Gasteiger partial charge in [0.25, 0.3) is 0 Å². The molecule has 2 unspecified atom stereocenters. The maximum absolute atomic E-state index is 12.6. The standard InChI is InChI=1S/C17H22ClNO4/c1-3-23-16-12(5-4-6-14(16)18)8-15(20)19-9-11(2)7-13(10-19)17(21)22/h4-6,11,13H,3,7-10H2,1-2H3,(H,21,22). The van der Waals surface area contributed by atoms with E-state index in [0.29, 0.717) is 30.3 Å². The Labute approximate surface area is 141 Å². The molecule has 0 bridgehead atoms. The molecule has 0 spiro atoms. The van der Waals surface area contributed by atoms with Crippen LogP contribution in [-0.2, 0) is 16.0 Å². The lowest BCUT2D eigenvalue weighted by Gasteiger charge is -2.34. The number of piperidine rings is 1. The Hall–Kier alpha value is -1.75. The van der Waals surface area contributed by atoms with Crippen molar-refractivity contribution in [3.8, 4) is 5.75 Å². The van der Waals surface area contributed by atoms with E-state index >= 15 is 0 Å². The highest BCUT2D eigenvalue weighted by atomic mass is 35.5. The number of carboxylic acids is 1. The second-order valence-corrected chi connectivity index (χ2v) is 6.42. The van der Waals surface area contributed by atoms with Crippen LogP contribution in [0.2, 0.25) is 5.02 Å². The van der Waals surface area contributed by atoms with Crippen LogP contribution in [0.25, 0.3) is 0 Å². The quantitative estimate of drug-likeness (QED) is 0.895. The van der Waals surface area contributed by atoms with Crippen LogP contribution < -0.4 is 4.74 Å². The van der Waals surface area contributed by atoms with Crippen molar-refractivity contribution in [1.82, 2.24) is 4.90 Å². The first-order valence-electron chi connectivity index (χ1n) is 7.83. The van der Waals surface area contributed by atoms with E-state index in [4.69, 9.17) is 16.3 Å². The van der Waals surface area contributed by atoms with Gasteiger partial charge in [0, 0.05) is 18.7 Å². The molecule has 1 aliphatic rings. The summed E-state index contributed by atoms with van der Waals surface area (Å²) in [5.74, 6) is -0.712. The smallest absolute Gasteiger partial charge is 0.308 e. The van der Waals surface area contributed by atoms with Gasteiger partial charge in [-0.05, 0) is 25.3 Å². The number of likely N-dealkylation sites (tertiary alicyclic amines) is 1. The van der Waals surface area contributed by atoms with E-state index in [1.165, 1.54) is 0 Å². The van der Waals surface area contributed by atoms with Gasteiger partial charge in [0.1, 0.15) is 5.75 Å². The van der Waals surface area contributed by atoms with Crippen molar-refractivity contribution < 1.29 is 19.4 Å². The van der Waals surface area contributed by atoms with Gasteiger partial charge in [-0.3, -0.25) is 9.59 Å². The number of amides is 1. The van der Waals surface area contributed by atoms with Crippen molar-refractivity contribution in [2.45, 2.75) is 26.7 Å². The Morgan fingerprint density at radius 2 is 2.13 bits per heavy atom. The zero-order valence-corrected chi connectivity index (χ0v) is 14.2. The maximum Gasteiger partial charge on any atom is 0.308 e. The fraction of sp³-hybridized carbons (Fsp3) is 0.529. The number of hydrogen-bond acceptors (Lipinski definition) is 3. The molecule has 0 aromatic heterocycles. The highest BCUT2D eigenvalue weighted by Crippen LogP contribution is 2.30. The van der Waals surface area contributed by atoms with Gasteiger partial charge in [0.15, 0.2) is 0 Å². The fourth-order valence-electron chi connectivity index (χ4n) is 3.01. The molecule has 0 saturated carbocycles. The third kappa shape index (κ3) is 4.38. The molecule has 1 aliphatic heterocycles. The predicted molar refractivity (Wildman–Crippen MR) is 87.8 cm³/mol. The SMILES string of the molecule is CCOc1c(Cl)cccc1CC(=O)N1CC(C)CC(C(=O)O)C1. The van der Waals surface area contributed by atoms with Gasteiger partial charge < -0.3 is 14.7 Å². The molecule has 1 aromatic carbocycles. The number of benzene rings is 1. The van der Waals surface area contributed by atoms with E-state index in [0.717, 1.165) is 5.56 Å². The maximum atomic E-state index is 12.6. The number of ether oxygens (including phenoxy) is 1.